The second-order valence-corrected chi connectivity index (χ2v) is 6.60. The van der Waals surface area contributed by atoms with Gasteiger partial charge in [-0.15, -0.1) is 0 Å². The molecule has 2 heterocycles. The Morgan fingerprint density at radius 2 is 2.00 bits per heavy atom. The van der Waals surface area contributed by atoms with E-state index in [9.17, 15) is 14.4 Å². The fourth-order valence-electron chi connectivity index (χ4n) is 3.80. The molecule has 2 N–H and O–H groups in total. The van der Waals surface area contributed by atoms with Crippen molar-refractivity contribution in [1.29, 1.82) is 0 Å². The fraction of sp³-hybridized carbons (Fsp3) is 0.800. The maximum atomic E-state index is 12.3. The van der Waals surface area contributed by atoms with Crippen LogP contribution in [0.3, 0.4) is 0 Å². The Morgan fingerprint density at radius 3 is 2.67 bits per heavy atom. The van der Waals surface area contributed by atoms with Gasteiger partial charge in [-0.05, 0) is 18.8 Å². The highest BCUT2D eigenvalue weighted by atomic mass is 16.2. The van der Waals surface area contributed by atoms with Gasteiger partial charge in [0.15, 0.2) is 0 Å². The average molecular weight is 293 g/mol. The minimum atomic E-state index is -0.877. The number of nitrogens with one attached hydrogen (secondary N) is 2. The summed E-state index contributed by atoms with van der Waals surface area (Å²) in [6, 6.07) is -0.448. The molecular weight excluding hydrogens is 270 g/mol. The third kappa shape index (κ3) is 2.89. The SMILES string of the molecule is O=C1NC(=O)[C@]2(CCN(C(=O)CCC3CCCCC3)C2)N1. The van der Waals surface area contributed by atoms with Gasteiger partial charge >= 0.3 is 6.03 Å². The van der Waals surface area contributed by atoms with Gasteiger partial charge in [-0.2, -0.15) is 0 Å². The maximum absolute atomic E-state index is 12.3. The number of urea groups is 1. The molecule has 4 amide bonds. The van der Waals surface area contributed by atoms with Gasteiger partial charge < -0.3 is 10.2 Å². The molecule has 1 aliphatic carbocycles. The number of amides is 4. The summed E-state index contributed by atoms with van der Waals surface area (Å²) in [4.78, 5) is 37.2. The summed E-state index contributed by atoms with van der Waals surface area (Å²) in [6.45, 7) is 0.866. The summed E-state index contributed by atoms with van der Waals surface area (Å²) < 4.78 is 0. The standard InChI is InChI=1S/C15H23N3O3/c19-12(7-6-11-4-2-1-3-5-11)18-9-8-15(10-18)13(20)16-14(21)17-15/h11H,1-10H2,(H2,16,17,20,21)/t15-/m1/s1. The molecule has 0 aromatic carbocycles. The van der Waals surface area contributed by atoms with Crippen LogP contribution in [-0.2, 0) is 9.59 Å². The van der Waals surface area contributed by atoms with E-state index in [0.717, 1.165) is 6.42 Å². The first kappa shape index (κ1) is 14.4. The van der Waals surface area contributed by atoms with Crippen LogP contribution in [0.25, 0.3) is 0 Å². The summed E-state index contributed by atoms with van der Waals surface area (Å²) in [5.41, 5.74) is -0.877. The van der Waals surface area contributed by atoms with Crippen LogP contribution in [0, 0.1) is 5.92 Å². The van der Waals surface area contributed by atoms with Gasteiger partial charge in [0.1, 0.15) is 5.54 Å². The fourth-order valence-corrected chi connectivity index (χ4v) is 3.80. The number of likely N-dealkylation sites (tertiary alicyclic amines) is 1. The molecular formula is C15H23N3O3. The summed E-state index contributed by atoms with van der Waals surface area (Å²) in [7, 11) is 0. The van der Waals surface area contributed by atoms with Gasteiger partial charge in [-0.3, -0.25) is 14.9 Å². The summed E-state index contributed by atoms with van der Waals surface area (Å²) >= 11 is 0. The smallest absolute Gasteiger partial charge is 0.322 e. The highest BCUT2D eigenvalue weighted by Crippen LogP contribution is 2.29. The van der Waals surface area contributed by atoms with Crippen LogP contribution in [-0.4, -0.2) is 41.4 Å². The lowest BCUT2D eigenvalue weighted by molar-refractivity contribution is -0.131. The Kier molecular flexibility index (Phi) is 3.87. The Hall–Kier alpha value is -1.59. The van der Waals surface area contributed by atoms with Crippen molar-refractivity contribution in [3.8, 4) is 0 Å². The lowest BCUT2D eigenvalue weighted by Crippen LogP contribution is -2.49. The monoisotopic (exact) mass is 293 g/mol. The number of hydrogen-bond acceptors (Lipinski definition) is 3. The molecule has 1 spiro atoms. The zero-order chi connectivity index (χ0) is 14.9. The van der Waals surface area contributed by atoms with E-state index in [1.807, 2.05) is 0 Å². The van der Waals surface area contributed by atoms with Gasteiger partial charge in [-0.25, -0.2) is 4.79 Å². The molecule has 0 radical (unpaired) electrons. The van der Waals surface area contributed by atoms with Crippen LogP contribution in [0.4, 0.5) is 4.79 Å². The Morgan fingerprint density at radius 1 is 1.24 bits per heavy atom. The van der Waals surface area contributed by atoms with E-state index in [2.05, 4.69) is 10.6 Å². The highest BCUT2D eigenvalue weighted by molar-refractivity contribution is 6.07. The van der Waals surface area contributed by atoms with Gasteiger partial charge in [0.25, 0.3) is 5.91 Å². The largest absolute Gasteiger partial charge is 0.340 e. The molecule has 0 aromatic heterocycles. The minimum Gasteiger partial charge on any atom is -0.340 e. The van der Waals surface area contributed by atoms with Gasteiger partial charge in [0, 0.05) is 13.0 Å². The zero-order valence-electron chi connectivity index (χ0n) is 12.3. The van der Waals surface area contributed by atoms with Crippen LogP contribution < -0.4 is 10.6 Å². The molecule has 3 fully saturated rings. The minimum absolute atomic E-state index is 0.117. The molecule has 3 aliphatic rings. The molecule has 0 bridgehead atoms. The van der Waals surface area contributed by atoms with E-state index < -0.39 is 11.6 Å². The molecule has 6 heteroatoms. The van der Waals surface area contributed by atoms with Crippen molar-refractivity contribution in [2.24, 2.45) is 5.92 Å². The predicted molar refractivity (Wildman–Crippen MR) is 76.4 cm³/mol. The number of hydrogen-bond donors (Lipinski definition) is 2. The molecule has 6 nitrogen and oxygen atoms in total. The van der Waals surface area contributed by atoms with E-state index in [1.54, 1.807) is 4.90 Å². The van der Waals surface area contributed by atoms with Crippen LogP contribution in [0.15, 0.2) is 0 Å². The number of imide groups is 1. The second kappa shape index (κ2) is 5.66. The molecule has 21 heavy (non-hydrogen) atoms. The van der Waals surface area contributed by atoms with Crippen molar-refractivity contribution in [1.82, 2.24) is 15.5 Å². The summed E-state index contributed by atoms with van der Waals surface area (Å²) in [5.74, 6) is 0.509. The van der Waals surface area contributed by atoms with Gasteiger partial charge in [0.2, 0.25) is 5.91 Å². The first-order chi connectivity index (χ1) is 10.1. The predicted octanol–water partition coefficient (Wildman–Crippen LogP) is 1.16. The Balaban J connectivity index is 1.50. The Bertz CT molecular complexity index is 459. The van der Waals surface area contributed by atoms with Crippen molar-refractivity contribution >= 4 is 17.8 Å². The topological polar surface area (TPSA) is 78.5 Å². The van der Waals surface area contributed by atoms with Crippen molar-refractivity contribution in [2.45, 2.75) is 56.9 Å². The summed E-state index contributed by atoms with van der Waals surface area (Å²) in [6.07, 6.45) is 8.44. The van der Waals surface area contributed by atoms with E-state index in [0.29, 0.717) is 31.8 Å². The lowest BCUT2D eigenvalue weighted by Gasteiger charge is -2.24. The quantitative estimate of drug-likeness (QED) is 0.766. The summed E-state index contributed by atoms with van der Waals surface area (Å²) in [5, 5.41) is 4.94. The molecule has 116 valence electrons. The van der Waals surface area contributed by atoms with E-state index >= 15 is 0 Å². The molecule has 1 saturated carbocycles. The molecule has 2 saturated heterocycles. The van der Waals surface area contributed by atoms with E-state index in [-0.39, 0.29) is 11.8 Å². The maximum Gasteiger partial charge on any atom is 0.322 e. The van der Waals surface area contributed by atoms with Crippen LogP contribution in [0.2, 0.25) is 0 Å². The normalized spacial score (nSPS) is 29.8. The van der Waals surface area contributed by atoms with Crippen LogP contribution >= 0.6 is 0 Å². The number of carbonyl (C=O) groups excluding carboxylic acids is 3. The number of nitrogens with zero attached hydrogens (tertiary/aromatic N) is 1. The molecule has 0 aromatic rings. The molecule has 1 atom stereocenters. The second-order valence-electron chi connectivity index (χ2n) is 6.60. The first-order valence-corrected chi connectivity index (χ1v) is 8.00. The Labute approximate surface area is 124 Å². The number of carbonyl (C=O) groups is 3. The van der Waals surface area contributed by atoms with Crippen LogP contribution in [0.1, 0.15) is 51.4 Å². The molecule has 3 rings (SSSR count). The van der Waals surface area contributed by atoms with Crippen molar-refractivity contribution < 1.29 is 14.4 Å². The van der Waals surface area contributed by atoms with E-state index in [1.165, 1.54) is 32.1 Å². The van der Waals surface area contributed by atoms with Gasteiger partial charge in [-0.1, -0.05) is 32.1 Å². The third-order valence-corrected chi connectivity index (χ3v) is 5.13. The van der Waals surface area contributed by atoms with E-state index in [4.69, 9.17) is 0 Å². The molecule has 2 aliphatic heterocycles. The highest BCUT2D eigenvalue weighted by Gasteiger charge is 2.51. The van der Waals surface area contributed by atoms with Crippen molar-refractivity contribution in [2.75, 3.05) is 13.1 Å². The average Bonchev–Trinajstić information content (AvgIpc) is 3.02. The lowest BCUT2D eigenvalue weighted by atomic mass is 9.86. The van der Waals surface area contributed by atoms with Gasteiger partial charge in [0.05, 0.1) is 6.54 Å². The molecule has 0 unspecified atom stereocenters. The third-order valence-electron chi connectivity index (χ3n) is 5.13. The number of rotatable bonds is 3. The zero-order valence-corrected chi connectivity index (χ0v) is 12.3. The van der Waals surface area contributed by atoms with Crippen molar-refractivity contribution in [3.05, 3.63) is 0 Å². The first-order valence-electron chi connectivity index (χ1n) is 8.00. The van der Waals surface area contributed by atoms with Crippen molar-refractivity contribution in [3.63, 3.8) is 0 Å². The van der Waals surface area contributed by atoms with Crippen LogP contribution in [0.5, 0.6) is 0 Å².